The maximum Gasteiger partial charge on any atom is 0.308 e. The lowest BCUT2D eigenvalue weighted by Crippen LogP contribution is -2.44. The van der Waals surface area contributed by atoms with E-state index in [4.69, 9.17) is 4.74 Å². The second-order valence-corrected chi connectivity index (χ2v) is 4.92. The number of methoxy groups -OCH3 is 1. The zero-order valence-electron chi connectivity index (χ0n) is 12.1. The van der Waals surface area contributed by atoms with Gasteiger partial charge in [-0.05, 0) is 12.5 Å². The van der Waals surface area contributed by atoms with Gasteiger partial charge in [-0.3, -0.25) is 14.9 Å². The molecule has 0 aliphatic carbocycles. The van der Waals surface area contributed by atoms with Crippen LogP contribution in [0.5, 0.6) is 0 Å². The van der Waals surface area contributed by atoms with Crippen molar-refractivity contribution in [2.75, 3.05) is 31.7 Å². The van der Waals surface area contributed by atoms with Gasteiger partial charge in [0.2, 0.25) is 0 Å². The van der Waals surface area contributed by atoms with Gasteiger partial charge in [-0.1, -0.05) is 12.1 Å². The van der Waals surface area contributed by atoms with Crippen molar-refractivity contribution < 1.29 is 19.2 Å². The number of anilines is 1. The molecule has 1 fully saturated rings. The Morgan fingerprint density at radius 2 is 2.33 bits per heavy atom. The number of rotatable bonds is 4. The molecular formula is C14H18N2O5. The van der Waals surface area contributed by atoms with Crippen molar-refractivity contribution in [3.63, 3.8) is 0 Å². The Bertz CT molecular complexity index is 546. The molecule has 0 aromatic heterocycles. The minimum Gasteiger partial charge on any atom is -0.469 e. The zero-order chi connectivity index (χ0) is 15.4. The Morgan fingerprint density at radius 1 is 1.57 bits per heavy atom. The molecule has 1 heterocycles. The molecule has 114 valence electrons. The van der Waals surface area contributed by atoms with Crippen molar-refractivity contribution in [2.24, 2.45) is 0 Å². The smallest absolute Gasteiger partial charge is 0.308 e. The molecule has 1 atom stereocenters. The number of nitro benzene ring substituents is 1. The second kappa shape index (κ2) is 6.53. The summed E-state index contributed by atoms with van der Waals surface area (Å²) in [6.45, 7) is 3.25. The van der Waals surface area contributed by atoms with Gasteiger partial charge in [0.15, 0.2) is 0 Å². The van der Waals surface area contributed by atoms with E-state index in [0.717, 1.165) is 5.56 Å². The van der Waals surface area contributed by atoms with Crippen molar-refractivity contribution >= 4 is 17.3 Å². The second-order valence-electron chi connectivity index (χ2n) is 4.92. The van der Waals surface area contributed by atoms with Crippen LogP contribution in [0, 0.1) is 17.0 Å². The lowest BCUT2D eigenvalue weighted by Gasteiger charge is -2.34. The molecule has 1 aromatic carbocycles. The molecule has 0 bridgehead atoms. The summed E-state index contributed by atoms with van der Waals surface area (Å²) in [5.74, 6) is -0.346. The van der Waals surface area contributed by atoms with Crippen LogP contribution in [-0.2, 0) is 14.3 Å². The van der Waals surface area contributed by atoms with Gasteiger partial charge in [0, 0.05) is 19.2 Å². The van der Waals surface area contributed by atoms with Crippen LogP contribution in [0.25, 0.3) is 0 Å². The summed E-state index contributed by atoms with van der Waals surface area (Å²) < 4.78 is 10.2. The van der Waals surface area contributed by atoms with Gasteiger partial charge < -0.3 is 14.4 Å². The lowest BCUT2D eigenvalue weighted by atomic mass is 10.1. The fraction of sp³-hybridized carbons (Fsp3) is 0.500. The summed E-state index contributed by atoms with van der Waals surface area (Å²) in [5, 5.41) is 11.2. The molecule has 0 amide bonds. The predicted molar refractivity (Wildman–Crippen MR) is 76.4 cm³/mol. The minimum atomic E-state index is -0.382. The highest BCUT2D eigenvalue weighted by Crippen LogP contribution is 2.32. The molecular weight excluding hydrogens is 276 g/mol. The van der Waals surface area contributed by atoms with Gasteiger partial charge >= 0.3 is 5.97 Å². The summed E-state index contributed by atoms with van der Waals surface area (Å²) in [6, 6.07) is 5.00. The van der Waals surface area contributed by atoms with Crippen LogP contribution in [0.15, 0.2) is 18.2 Å². The van der Waals surface area contributed by atoms with Gasteiger partial charge in [-0.25, -0.2) is 0 Å². The molecule has 0 spiro atoms. The number of esters is 1. The van der Waals surface area contributed by atoms with E-state index in [-0.39, 0.29) is 29.1 Å². The number of ether oxygens (including phenoxy) is 2. The minimum absolute atomic E-state index is 0.0775. The average molecular weight is 294 g/mol. The van der Waals surface area contributed by atoms with Crippen molar-refractivity contribution in [2.45, 2.75) is 19.4 Å². The topological polar surface area (TPSA) is 81.9 Å². The van der Waals surface area contributed by atoms with Crippen molar-refractivity contribution in [1.29, 1.82) is 0 Å². The highest BCUT2D eigenvalue weighted by Gasteiger charge is 2.28. The van der Waals surface area contributed by atoms with E-state index < -0.39 is 0 Å². The molecule has 1 saturated heterocycles. The highest BCUT2D eigenvalue weighted by atomic mass is 16.6. The molecule has 1 aliphatic heterocycles. The van der Waals surface area contributed by atoms with E-state index in [1.165, 1.54) is 13.2 Å². The summed E-state index contributed by atoms with van der Waals surface area (Å²) in [5.41, 5.74) is 1.51. The first-order valence-corrected chi connectivity index (χ1v) is 6.70. The number of carbonyl (C=O) groups excluding carboxylic acids is 1. The molecule has 0 N–H and O–H groups in total. The monoisotopic (exact) mass is 294 g/mol. The third-order valence-electron chi connectivity index (χ3n) is 3.49. The Hall–Kier alpha value is -2.15. The van der Waals surface area contributed by atoms with Crippen LogP contribution in [0.3, 0.4) is 0 Å². The molecule has 21 heavy (non-hydrogen) atoms. The van der Waals surface area contributed by atoms with Crippen LogP contribution < -0.4 is 4.90 Å². The van der Waals surface area contributed by atoms with E-state index >= 15 is 0 Å². The Morgan fingerprint density at radius 3 is 3.00 bits per heavy atom. The van der Waals surface area contributed by atoms with Crippen LogP contribution >= 0.6 is 0 Å². The number of nitrogens with zero attached hydrogens (tertiary/aromatic N) is 2. The Balaban J connectivity index is 2.22. The third kappa shape index (κ3) is 3.49. The summed E-state index contributed by atoms with van der Waals surface area (Å²) >= 11 is 0. The molecule has 1 aromatic rings. The highest BCUT2D eigenvalue weighted by molar-refractivity contribution is 5.71. The van der Waals surface area contributed by atoms with Gasteiger partial charge in [0.1, 0.15) is 5.69 Å². The first kappa shape index (κ1) is 15.2. The molecule has 7 nitrogen and oxygen atoms in total. The van der Waals surface area contributed by atoms with Gasteiger partial charge in [-0.2, -0.15) is 0 Å². The van der Waals surface area contributed by atoms with Crippen LogP contribution in [0.2, 0.25) is 0 Å². The van der Waals surface area contributed by atoms with Crippen molar-refractivity contribution in [3.05, 3.63) is 33.9 Å². The SMILES string of the molecule is COC(=O)CC1CN(c2c(C)cccc2[N+](=O)[O-])CCO1. The number of hydrogen-bond donors (Lipinski definition) is 0. The predicted octanol–water partition coefficient (Wildman–Crippen LogP) is 1.67. The number of hydrogen-bond acceptors (Lipinski definition) is 6. The normalized spacial score (nSPS) is 18.4. The van der Waals surface area contributed by atoms with Gasteiger partial charge in [0.05, 0.1) is 31.2 Å². The Labute approximate surface area is 122 Å². The maximum absolute atomic E-state index is 11.3. The number of aryl methyl sites for hydroxylation is 1. The van der Waals surface area contributed by atoms with E-state index in [9.17, 15) is 14.9 Å². The quantitative estimate of drug-likeness (QED) is 0.477. The number of morpholine rings is 1. The van der Waals surface area contributed by atoms with E-state index in [2.05, 4.69) is 4.74 Å². The summed E-state index contributed by atoms with van der Waals surface area (Å²) in [7, 11) is 1.33. The van der Waals surface area contributed by atoms with Gasteiger partial charge in [-0.15, -0.1) is 0 Å². The zero-order valence-corrected chi connectivity index (χ0v) is 12.1. The van der Waals surface area contributed by atoms with Crippen molar-refractivity contribution in [3.8, 4) is 0 Å². The number of benzene rings is 1. The third-order valence-corrected chi connectivity index (χ3v) is 3.49. The molecule has 2 rings (SSSR count). The van der Waals surface area contributed by atoms with Crippen LogP contribution in [0.1, 0.15) is 12.0 Å². The molecule has 0 saturated carbocycles. The Kier molecular flexibility index (Phi) is 4.74. The lowest BCUT2D eigenvalue weighted by molar-refractivity contribution is -0.384. The van der Waals surface area contributed by atoms with Crippen LogP contribution in [-0.4, -0.2) is 43.8 Å². The molecule has 0 radical (unpaired) electrons. The number of carbonyl (C=O) groups is 1. The van der Waals surface area contributed by atoms with Crippen molar-refractivity contribution in [1.82, 2.24) is 0 Å². The van der Waals surface area contributed by atoms with E-state index in [0.29, 0.717) is 25.4 Å². The van der Waals surface area contributed by atoms with Gasteiger partial charge in [0.25, 0.3) is 5.69 Å². The largest absolute Gasteiger partial charge is 0.469 e. The van der Waals surface area contributed by atoms with Crippen LogP contribution in [0.4, 0.5) is 11.4 Å². The first-order chi connectivity index (χ1) is 10.0. The first-order valence-electron chi connectivity index (χ1n) is 6.70. The summed E-state index contributed by atoms with van der Waals surface area (Å²) in [6.07, 6.45) is -0.169. The van der Waals surface area contributed by atoms with E-state index in [1.54, 1.807) is 6.07 Å². The fourth-order valence-electron chi connectivity index (χ4n) is 2.52. The molecule has 1 aliphatic rings. The molecule has 7 heteroatoms. The summed E-state index contributed by atoms with van der Waals surface area (Å²) in [4.78, 5) is 24.1. The fourth-order valence-corrected chi connectivity index (χ4v) is 2.52. The molecule has 1 unspecified atom stereocenters. The van der Waals surface area contributed by atoms with E-state index in [1.807, 2.05) is 17.9 Å². The number of para-hydroxylation sites is 1. The number of nitro groups is 1. The average Bonchev–Trinajstić information content (AvgIpc) is 2.47. The standard InChI is InChI=1S/C14H18N2O5/c1-10-4-3-5-12(16(18)19)14(10)15-6-7-21-11(9-15)8-13(17)20-2/h3-5,11H,6-9H2,1-2H3. The maximum atomic E-state index is 11.3.